The second-order valence-electron chi connectivity index (χ2n) is 8.13. The van der Waals surface area contributed by atoms with Gasteiger partial charge in [0.15, 0.2) is 0 Å². The Kier molecular flexibility index (Phi) is 7.32. The van der Waals surface area contributed by atoms with Crippen molar-refractivity contribution in [2.75, 3.05) is 4.90 Å². The molecule has 1 heterocycles. The molecule has 3 aromatic rings. The Labute approximate surface area is 192 Å². The van der Waals surface area contributed by atoms with Gasteiger partial charge in [0.25, 0.3) is 0 Å². The van der Waals surface area contributed by atoms with Crippen molar-refractivity contribution in [1.82, 2.24) is 5.32 Å². The van der Waals surface area contributed by atoms with Gasteiger partial charge in [0.05, 0.1) is 12.1 Å². The summed E-state index contributed by atoms with van der Waals surface area (Å²) in [6, 6.07) is 18.2. The van der Waals surface area contributed by atoms with E-state index in [4.69, 9.17) is 0 Å². The lowest BCUT2D eigenvalue weighted by Gasteiger charge is -2.33. The van der Waals surface area contributed by atoms with E-state index < -0.39 is 11.9 Å². The summed E-state index contributed by atoms with van der Waals surface area (Å²) in [7, 11) is 0. The number of hydrogen-bond donors (Lipinski definition) is 1. The van der Waals surface area contributed by atoms with Gasteiger partial charge in [-0.2, -0.15) is 0 Å². The number of hydrogen-bond acceptors (Lipinski definition) is 3. The van der Waals surface area contributed by atoms with E-state index in [1.54, 1.807) is 18.2 Å². The van der Waals surface area contributed by atoms with Crippen molar-refractivity contribution >= 4 is 28.8 Å². The molecule has 0 radical (unpaired) electrons. The van der Waals surface area contributed by atoms with Crippen LogP contribution in [0.1, 0.15) is 48.6 Å². The summed E-state index contributed by atoms with van der Waals surface area (Å²) in [5, 5.41) is 5.05. The van der Waals surface area contributed by atoms with E-state index in [9.17, 15) is 14.0 Å². The maximum atomic E-state index is 15.0. The van der Waals surface area contributed by atoms with Gasteiger partial charge in [-0.1, -0.05) is 67.8 Å². The van der Waals surface area contributed by atoms with Crippen LogP contribution < -0.4 is 10.2 Å². The molecule has 166 valence electrons. The number of thiophene rings is 1. The van der Waals surface area contributed by atoms with Crippen LogP contribution in [0.15, 0.2) is 72.1 Å². The molecule has 1 atom stereocenters. The number of halogens is 1. The zero-order chi connectivity index (χ0) is 22.3. The number of anilines is 1. The molecule has 4 nitrogen and oxygen atoms in total. The fourth-order valence-electron chi connectivity index (χ4n) is 4.29. The minimum atomic E-state index is -0.956. The van der Waals surface area contributed by atoms with E-state index in [0.717, 1.165) is 30.6 Å². The summed E-state index contributed by atoms with van der Waals surface area (Å²) in [6.45, 7) is 0. The number of para-hydroxylation sites is 1. The Morgan fingerprint density at radius 2 is 1.69 bits per heavy atom. The van der Waals surface area contributed by atoms with Crippen LogP contribution in [0.2, 0.25) is 0 Å². The molecular formula is C26H27FN2O2S. The van der Waals surface area contributed by atoms with Crippen LogP contribution in [-0.2, 0) is 16.0 Å². The molecule has 1 aliphatic carbocycles. The molecule has 2 aromatic carbocycles. The number of carbonyl (C=O) groups excluding carboxylic acids is 2. The first kappa shape index (κ1) is 22.2. The summed E-state index contributed by atoms with van der Waals surface area (Å²) in [5.74, 6) is -1.12. The lowest BCUT2D eigenvalue weighted by atomic mass is 9.94. The van der Waals surface area contributed by atoms with Gasteiger partial charge in [0, 0.05) is 10.9 Å². The molecule has 1 saturated carbocycles. The van der Waals surface area contributed by atoms with Gasteiger partial charge in [-0.15, -0.1) is 11.3 Å². The third-order valence-electron chi connectivity index (χ3n) is 5.86. The van der Waals surface area contributed by atoms with E-state index in [1.807, 2.05) is 47.8 Å². The highest BCUT2D eigenvalue weighted by atomic mass is 32.1. The maximum Gasteiger partial charge on any atom is 0.248 e. The molecule has 1 aromatic heterocycles. The third-order valence-corrected chi connectivity index (χ3v) is 6.74. The van der Waals surface area contributed by atoms with Crippen molar-refractivity contribution in [3.8, 4) is 0 Å². The Morgan fingerprint density at radius 3 is 2.38 bits per heavy atom. The van der Waals surface area contributed by atoms with E-state index in [0.29, 0.717) is 5.56 Å². The van der Waals surface area contributed by atoms with Crippen LogP contribution in [-0.4, -0.2) is 17.9 Å². The van der Waals surface area contributed by atoms with Crippen molar-refractivity contribution in [2.45, 2.75) is 50.6 Å². The van der Waals surface area contributed by atoms with Crippen LogP contribution >= 0.6 is 11.3 Å². The zero-order valence-electron chi connectivity index (χ0n) is 17.9. The molecule has 1 fully saturated rings. The van der Waals surface area contributed by atoms with Gasteiger partial charge in [0.2, 0.25) is 11.8 Å². The van der Waals surface area contributed by atoms with Gasteiger partial charge in [0.1, 0.15) is 11.9 Å². The highest BCUT2D eigenvalue weighted by molar-refractivity contribution is 7.10. The standard InChI is InChI=1S/C26H27FN2O2S/c27-22-15-7-8-16-23(22)29(24(30)18-21-14-9-17-32-21)25(19-10-3-1-4-11-19)26(31)28-20-12-5-2-6-13-20/h1,3-4,7-11,14-17,20,25H,2,5-6,12-13,18H2,(H,28,31). The summed E-state index contributed by atoms with van der Waals surface area (Å²) in [4.78, 5) is 29.4. The van der Waals surface area contributed by atoms with Crippen molar-refractivity contribution in [3.63, 3.8) is 0 Å². The summed E-state index contributed by atoms with van der Waals surface area (Å²) in [6.07, 6.45) is 5.29. The van der Waals surface area contributed by atoms with Crippen LogP contribution in [0.4, 0.5) is 10.1 Å². The first-order chi connectivity index (χ1) is 15.6. The zero-order valence-corrected chi connectivity index (χ0v) is 18.7. The second-order valence-corrected chi connectivity index (χ2v) is 9.16. The van der Waals surface area contributed by atoms with E-state index in [-0.39, 0.29) is 30.0 Å². The number of rotatable bonds is 7. The SMILES string of the molecule is O=C(NC1CCCCC1)C(c1ccccc1)N(C(=O)Cc1cccs1)c1ccccc1F. The fourth-order valence-corrected chi connectivity index (χ4v) is 4.99. The van der Waals surface area contributed by atoms with Crippen molar-refractivity contribution < 1.29 is 14.0 Å². The molecule has 1 aliphatic rings. The van der Waals surface area contributed by atoms with Gasteiger partial charge in [-0.25, -0.2) is 4.39 Å². The molecule has 1 N–H and O–H groups in total. The maximum absolute atomic E-state index is 15.0. The van der Waals surface area contributed by atoms with Gasteiger partial charge in [-0.3, -0.25) is 14.5 Å². The number of carbonyl (C=O) groups is 2. The monoisotopic (exact) mass is 450 g/mol. The average Bonchev–Trinajstić information content (AvgIpc) is 3.32. The van der Waals surface area contributed by atoms with Gasteiger partial charge < -0.3 is 5.32 Å². The quantitative estimate of drug-likeness (QED) is 0.505. The molecule has 6 heteroatoms. The van der Waals surface area contributed by atoms with Crippen molar-refractivity contribution in [2.24, 2.45) is 0 Å². The number of nitrogens with one attached hydrogen (secondary N) is 1. The molecular weight excluding hydrogens is 423 g/mol. The summed E-state index contributed by atoms with van der Waals surface area (Å²) < 4.78 is 15.0. The first-order valence-corrected chi connectivity index (χ1v) is 12.0. The molecule has 0 bridgehead atoms. The lowest BCUT2D eigenvalue weighted by molar-refractivity contribution is -0.127. The van der Waals surface area contributed by atoms with Crippen LogP contribution in [0.5, 0.6) is 0 Å². The molecule has 0 spiro atoms. The molecule has 2 amide bonds. The average molecular weight is 451 g/mol. The first-order valence-electron chi connectivity index (χ1n) is 11.1. The predicted molar refractivity (Wildman–Crippen MR) is 126 cm³/mol. The second kappa shape index (κ2) is 10.6. The topological polar surface area (TPSA) is 49.4 Å². The van der Waals surface area contributed by atoms with Gasteiger partial charge >= 0.3 is 0 Å². The predicted octanol–water partition coefficient (Wildman–Crippen LogP) is 5.65. The molecule has 4 rings (SSSR count). The molecule has 1 unspecified atom stereocenters. The van der Waals surface area contributed by atoms with Crippen LogP contribution in [0.3, 0.4) is 0 Å². The van der Waals surface area contributed by atoms with Gasteiger partial charge in [-0.05, 0) is 42.0 Å². The minimum absolute atomic E-state index is 0.0809. The third kappa shape index (κ3) is 5.25. The normalized spacial score (nSPS) is 15.2. The van der Waals surface area contributed by atoms with Crippen LogP contribution in [0.25, 0.3) is 0 Å². The Balaban J connectivity index is 1.74. The Hall–Kier alpha value is -2.99. The number of benzene rings is 2. The summed E-state index contributed by atoms with van der Waals surface area (Å²) in [5.41, 5.74) is 0.769. The smallest absolute Gasteiger partial charge is 0.248 e. The number of amides is 2. The van der Waals surface area contributed by atoms with E-state index >= 15 is 0 Å². The lowest BCUT2D eigenvalue weighted by Crippen LogP contribution is -2.48. The van der Waals surface area contributed by atoms with Crippen molar-refractivity contribution in [1.29, 1.82) is 0 Å². The van der Waals surface area contributed by atoms with E-state index in [1.165, 1.54) is 28.7 Å². The van der Waals surface area contributed by atoms with Crippen molar-refractivity contribution in [3.05, 3.63) is 88.4 Å². The van der Waals surface area contributed by atoms with E-state index in [2.05, 4.69) is 5.32 Å². The Bertz CT molecular complexity index is 1030. The molecule has 0 aliphatic heterocycles. The highest BCUT2D eigenvalue weighted by Crippen LogP contribution is 2.31. The molecule has 32 heavy (non-hydrogen) atoms. The Morgan fingerprint density at radius 1 is 0.969 bits per heavy atom. The minimum Gasteiger partial charge on any atom is -0.351 e. The fraction of sp³-hybridized carbons (Fsp3) is 0.308. The number of nitrogens with zero attached hydrogens (tertiary/aromatic N) is 1. The summed E-state index contributed by atoms with van der Waals surface area (Å²) >= 11 is 1.47. The highest BCUT2D eigenvalue weighted by Gasteiger charge is 2.35. The van der Waals surface area contributed by atoms with Crippen LogP contribution in [0, 0.1) is 5.82 Å². The largest absolute Gasteiger partial charge is 0.351 e. The molecule has 0 saturated heterocycles.